The van der Waals surface area contributed by atoms with Crippen LogP contribution in [0.25, 0.3) is 0 Å². The molecule has 6 heteroatoms. The molecule has 138 valence electrons. The first-order valence-electron chi connectivity index (χ1n) is 9.08. The minimum absolute atomic E-state index is 0.323. The molecule has 1 atom stereocenters. The van der Waals surface area contributed by atoms with Crippen molar-refractivity contribution in [3.63, 3.8) is 0 Å². The van der Waals surface area contributed by atoms with Crippen LogP contribution in [-0.2, 0) is 22.3 Å². The van der Waals surface area contributed by atoms with E-state index in [0.717, 1.165) is 30.7 Å². The third-order valence-corrected chi connectivity index (χ3v) is 5.67. The molecule has 3 rings (SSSR count). The summed E-state index contributed by atoms with van der Waals surface area (Å²) < 4.78 is 18.1. The second-order valence-corrected chi connectivity index (χ2v) is 8.28. The number of aliphatic hydroxyl groups excluding tert-OH is 1. The molecule has 1 fully saturated rings. The third-order valence-electron chi connectivity index (χ3n) is 5.67. The minimum Gasteiger partial charge on any atom is -0.496 e. The zero-order chi connectivity index (χ0) is 18.4. The number of nitrogens with zero attached hydrogens (tertiary/aromatic N) is 1. The Morgan fingerprint density at radius 3 is 2.44 bits per heavy atom. The molecule has 0 spiro atoms. The van der Waals surface area contributed by atoms with E-state index in [1.807, 2.05) is 13.0 Å². The molecule has 1 N–H and O–H groups in total. The van der Waals surface area contributed by atoms with Gasteiger partial charge in [0.1, 0.15) is 5.75 Å². The first kappa shape index (κ1) is 18.7. The van der Waals surface area contributed by atoms with Crippen LogP contribution in [0.4, 0.5) is 0 Å². The number of ether oxygens (including phenoxy) is 1. The van der Waals surface area contributed by atoms with Crippen LogP contribution in [0, 0.1) is 0 Å². The van der Waals surface area contributed by atoms with E-state index in [4.69, 9.17) is 14.0 Å². The van der Waals surface area contributed by atoms with Gasteiger partial charge in [0.15, 0.2) is 0 Å². The summed E-state index contributed by atoms with van der Waals surface area (Å²) >= 11 is 0. The molecule has 0 aliphatic carbocycles. The van der Waals surface area contributed by atoms with Gasteiger partial charge in [-0.1, -0.05) is 6.07 Å². The molecule has 2 heterocycles. The molecule has 0 bridgehead atoms. The molecule has 1 aromatic carbocycles. The lowest BCUT2D eigenvalue weighted by Crippen LogP contribution is -2.41. The van der Waals surface area contributed by atoms with Crippen LogP contribution in [-0.4, -0.2) is 54.6 Å². The van der Waals surface area contributed by atoms with Crippen LogP contribution in [0.1, 0.15) is 45.7 Å². The van der Waals surface area contributed by atoms with Gasteiger partial charge >= 0.3 is 7.12 Å². The monoisotopic (exact) mass is 347 g/mol. The highest BCUT2D eigenvalue weighted by atomic mass is 16.7. The molecule has 5 nitrogen and oxygen atoms in total. The van der Waals surface area contributed by atoms with Gasteiger partial charge in [-0.3, -0.25) is 4.90 Å². The van der Waals surface area contributed by atoms with Gasteiger partial charge in [0.25, 0.3) is 0 Å². The predicted octanol–water partition coefficient (Wildman–Crippen LogP) is 1.73. The summed E-state index contributed by atoms with van der Waals surface area (Å²) in [7, 11) is 1.33. The van der Waals surface area contributed by atoms with Crippen molar-refractivity contribution in [2.45, 2.75) is 64.9 Å². The summed E-state index contributed by atoms with van der Waals surface area (Å²) in [5, 5.41) is 9.66. The Balaban J connectivity index is 1.88. The van der Waals surface area contributed by atoms with Gasteiger partial charge < -0.3 is 19.2 Å². The zero-order valence-electron chi connectivity index (χ0n) is 16.3. The zero-order valence-corrected chi connectivity index (χ0v) is 16.3. The molecule has 0 amide bonds. The van der Waals surface area contributed by atoms with Gasteiger partial charge in [0, 0.05) is 25.2 Å². The van der Waals surface area contributed by atoms with Crippen LogP contribution >= 0.6 is 0 Å². The Hall–Kier alpha value is -1.08. The van der Waals surface area contributed by atoms with Gasteiger partial charge in [0.05, 0.1) is 24.4 Å². The highest BCUT2D eigenvalue weighted by Crippen LogP contribution is 2.37. The SMILES string of the molecule is COc1cc(B2OC(C)(C)C(C)(C)O2)cc2c1CN(CC(C)O)CC2. The summed E-state index contributed by atoms with van der Waals surface area (Å²) in [6.07, 6.45) is 0.614. The van der Waals surface area contributed by atoms with Gasteiger partial charge in [-0.05, 0) is 58.1 Å². The van der Waals surface area contributed by atoms with Crippen molar-refractivity contribution in [1.29, 1.82) is 0 Å². The Bertz CT molecular complexity index is 611. The van der Waals surface area contributed by atoms with Crippen LogP contribution in [0.5, 0.6) is 5.75 Å². The first-order valence-corrected chi connectivity index (χ1v) is 9.08. The average molecular weight is 347 g/mol. The van der Waals surface area contributed by atoms with E-state index in [-0.39, 0.29) is 24.4 Å². The molecule has 1 saturated heterocycles. The fraction of sp³-hybridized carbons (Fsp3) is 0.684. The Kier molecular flexibility index (Phi) is 4.92. The van der Waals surface area contributed by atoms with E-state index in [1.54, 1.807) is 7.11 Å². The predicted molar refractivity (Wildman–Crippen MR) is 99.4 cm³/mol. The fourth-order valence-electron chi connectivity index (χ4n) is 3.54. The second-order valence-electron chi connectivity index (χ2n) is 8.28. The number of aliphatic hydroxyl groups is 1. The molecule has 1 unspecified atom stereocenters. The summed E-state index contributed by atoms with van der Waals surface area (Å²) in [5.74, 6) is 0.873. The van der Waals surface area contributed by atoms with Crippen LogP contribution in [0.3, 0.4) is 0 Å². The first-order chi connectivity index (χ1) is 11.6. The Labute approximate surface area is 151 Å². The minimum atomic E-state index is -0.375. The summed E-state index contributed by atoms with van der Waals surface area (Å²) in [4.78, 5) is 2.27. The van der Waals surface area contributed by atoms with Crippen LogP contribution in [0.2, 0.25) is 0 Å². The quantitative estimate of drug-likeness (QED) is 0.841. The molecule has 2 aliphatic rings. The number of methoxy groups -OCH3 is 1. The number of rotatable bonds is 4. The van der Waals surface area contributed by atoms with Gasteiger partial charge in [-0.15, -0.1) is 0 Å². The number of hydrogen-bond acceptors (Lipinski definition) is 5. The summed E-state index contributed by atoms with van der Waals surface area (Å²) in [5.41, 5.74) is 2.79. The smallest absolute Gasteiger partial charge is 0.494 e. The number of benzene rings is 1. The van der Waals surface area contributed by atoms with E-state index >= 15 is 0 Å². The van der Waals surface area contributed by atoms with Crippen molar-refractivity contribution in [2.75, 3.05) is 20.2 Å². The third kappa shape index (κ3) is 3.58. The molecule has 0 saturated carbocycles. The standard InChI is InChI=1S/C19H30BNO4/c1-13(22)11-21-8-7-14-9-15(10-17(23-6)16(14)12-21)20-24-18(2,3)19(4,5)25-20/h9-10,13,22H,7-8,11-12H2,1-6H3. The molecule has 0 radical (unpaired) electrons. The number of hydrogen-bond donors (Lipinski definition) is 1. The maximum absolute atomic E-state index is 9.66. The van der Waals surface area contributed by atoms with Crippen LogP contribution in [0.15, 0.2) is 12.1 Å². The largest absolute Gasteiger partial charge is 0.496 e. The lowest BCUT2D eigenvalue weighted by molar-refractivity contribution is 0.00578. The fourth-order valence-corrected chi connectivity index (χ4v) is 3.54. The van der Waals surface area contributed by atoms with E-state index < -0.39 is 0 Å². The van der Waals surface area contributed by atoms with E-state index in [0.29, 0.717) is 6.54 Å². The average Bonchev–Trinajstić information content (AvgIpc) is 2.74. The highest BCUT2D eigenvalue weighted by molar-refractivity contribution is 6.62. The normalized spacial score (nSPS) is 23.4. The summed E-state index contributed by atoms with van der Waals surface area (Å²) in [6, 6.07) is 4.23. The van der Waals surface area contributed by atoms with Crippen LogP contribution < -0.4 is 10.2 Å². The topological polar surface area (TPSA) is 51.2 Å². The van der Waals surface area contributed by atoms with Crippen molar-refractivity contribution >= 4 is 12.6 Å². The van der Waals surface area contributed by atoms with Crippen molar-refractivity contribution < 1.29 is 19.2 Å². The Morgan fingerprint density at radius 1 is 1.24 bits per heavy atom. The van der Waals surface area contributed by atoms with Crippen molar-refractivity contribution in [3.05, 3.63) is 23.3 Å². The Morgan fingerprint density at radius 2 is 1.88 bits per heavy atom. The molecule has 2 aliphatic heterocycles. The molecule has 25 heavy (non-hydrogen) atoms. The lowest BCUT2D eigenvalue weighted by atomic mass is 9.76. The number of β-amino-alcohol motifs (C(OH)–C–C–N with tert-alkyl or cyclic N) is 1. The highest BCUT2D eigenvalue weighted by Gasteiger charge is 2.52. The second kappa shape index (κ2) is 6.58. The molecular weight excluding hydrogens is 317 g/mol. The van der Waals surface area contributed by atoms with Gasteiger partial charge in [-0.25, -0.2) is 0 Å². The molecular formula is C19H30BNO4. The van der Waals surface area contributed by atoms with E-state index in [2.05, 4.69) is 38.7 Å². The van der Waals surface area contributed by atoms with Crippen molar-refractivity contribution in [2.24, 2.45) is 0 Å². The van der Waals surface area contributed by atoms with Gasteiger partial charge in [0.2, 0.25) is 0 Å². The maximum Gasteiger partial charge on any atom is 0.494 e. The van der Waals surface area contributed by atoms with Gasteiger partial charge in [-0.2, -0.15) is 0 Å². The van der Waals surface area contributed by atoms with Crippen molar-refractivity contribution in [1.82, 2.24) is 4.90 Å². The number of fused-ring (bicyclic) bond motifs is 1. The van der Waals surface area contributed by atoms with E-state index in [9.17, 15) is 5.11 Å². The van der Waals surface area contributed by atoms with E-state index in [1.165, 1.54) is 11.1 Å². The molecule has 0 aromatic heterocycles. The lowest BCUT2D eigenvalue weighted by Gasteiger charge is -2.32. The molecule has 1 aromatic rings. The van der Waals surface area contributed by atoms with Crippen molar-refractivity contribution in [3.8, 4) is 5.75 Å². The maximum atomic E-state index is 9.66. The summed E-state index contributed by atoms with van der Waals surface area (Å²) in [6.45, 7) is 12.5.